The molecule has 0 bridgehead atoms. The molecule has 1 aliphatic rings. The Kier molecular flexibility index (Phi) is 4.80. The van der Waals surface area contributed by atoms with Crippen molar-refractivity contribution in [2.24, 2.45) is 0 Å². The Morgan fingerprint density at radius 2 is 1.93 bits per heavy atom. The molecule has 0 radical (unpaired) electrons. The normalized spacial score (nSPS) is 15.6. The molecule has 0 fully saturated rings. The molecule has 2 aromatic carbocycles. The number of nitrogens with one attached hydrogen (secondary N) is 1. The van der Waals surface area contributed by atoms with E-state index in [1.807, 2.05) is 19.9 Å². The lowest BCUT2D eigenvalue weighted by molar-refractivity contribution is -0.125. The first-order valence-corrected chi connectivity index (χ1v) is 9.34. The Balaban J connectivity index is 1.66. The van der Waals surface area contributed by atoms with Gasteiger partial charge in [0.15, 0.2) is 6.10 Å². The summed E-state index contributed by atoms with van der Waals surface area (Å²) in [6.07, 6.45) is -0.604. The van der Waals surface area contributed by atoms with Crippen LogP contribution in [-0.4, -0.2) is 23.1 Å². The number of ether oxygens (including phenoxy) is 1. The van der Waals surface area contributed by atoms with E-state index in [0.717, 1.165) is 11.3 Å². The second-order valence-corrected chi connectivity index (χ2v) is 6.99. The maximum atomic E-state index is 12.9. The second-order valence-electron chi connectivity index (χ2n) is 6.99. The number of anilines is 2. The Morgan fingerprint density at radius 1 is 1.17 bits per heavy atom. The maximum absolute atomic E-state index is 12.9. The van der Waals surface area contributed by atoms with Crippen molar-refractivity contribution in [2.75, 3.05) is 10.2 Å². The van der Waals surface area contributed by atoms with E-state index in [1.54, 1.807) is 54.3 Å². The summed E-state index contributed by atoms with van der Waals surface area (Å²) in [6.45, 7) is 5.70. The van der Waals surface area contributed by atoms with Gasteiger partial charge in [0.2, 0.25) is 0 Å². The third-order valence-corrected chi connectivity index (χ3v) is 4.96. The Hall–Kier alpha value is -3.61. The van der Waals surface area contributed by atoms with Crippen LogP contribution in [0, 0.1) is 13.8 Å². The molecule has 3 aromatic rings. The van der Waals surface area contributed by atoms with E-state index >= 15 is 0 Å². The molecule has 7 heteroatoms. The summed E-state index contributed by atoms with van der Waals surface area (Å²) in [6, 6.07) is 14.2. The fraction of sp³-hybridized carbons (Fsp3) is 0.227. The number of fused-ring (bicyclic) bond motifs is 1. The van der Waals surface area contributed by atoms with E-state index in [4.69, 9.17) is 9.26 Å². The molecule has 29 heavy (non-hydrogen) atoms. The zero-order chi connectivity index (χ0) is 20.5. The Morgan fingerprint density at radius 3 is 2.62 bits per heavy atom. The van der Waals surface area contributed by atoms with Gasteiger partial charge in [-0.3, -0.25) is 9.59 Å². The second kappa shape index (κ2) is 7.43. The highest BCUT2D eigenvalue weighted by atomic mass is 16.5. The molecule has 0 saturated heterocycles. The molecule has 7 nitrogen and oxygen atoms in total. The number of amides is 2. The van der Waals surface area contributed by atoms with Gasteiger partial charge in [-0.1, -0.05) is 23.4 Å². The molecule has 1 aromatic heterocycles. The van der Waals surface area contributed by atoms with Crippen LogP contribution in [0.25, 0.3) is 0 Å². The number of aryl methyl sites for hydroxylation is 2. The van der Waals surface area contributed by atoms with E-state index in [0.29, 0.717) is 35.0 Å². The van der Waals surface area contributed by atoms with E-state index < -0.39 is 6.10 Å². The third kappa shape index (κ3) is 3.59. The SMILES string of the molecule is Cc1noc(C)c1CN1C(=O)[C@@H](C)Oc2ccc(NC(=O)c3ccccc3)cc21. The topological polar surface area (TPSA) is 84.7 Å². The molecule has 4 rings (SSSR count). The van der Waals surface area contributed by atoms with Crippen LogP contribution >= 0.6 is 0 Å². The van der Waals surface area contributed by atoms with Crippen LogP contribution in [0.4, 0.5) is 11.4 Å². The first kappa shape index (κ1) is 18.7. The van der Waals surface area contributed by atoms with E-state index in [2.05, 4.69) is 10.5 Å². The van der Waals surface area contributed by atoms with Gasteiger partial charge in [0.05, 0.1) is 17.9 Å². The van der Waals surface area contributed by atoms with Gasteiger partial charge < -0.3 is 19.5 Å². The summed E-state index contributed by atoms with van der Waals surface area (Å²) in [5.74, 6) is 0.870. The highest BCUT2D eigenvalue weighted by molar-refractivity contribution is 6.05. The van der Waals surface area contributed by atoms with Gasteiger partial charge in [-0.15, -0.1) is 0 Å². The van der Waals surface area contributed by atoms with Crippen molar-refractivity contribution in [3.63, 3.8) is 0 Å². The highest BCUT2D eigenvalue weighted by Crippen LogP contribution is 2.37. The lowest BCUT2D eigenvalue weighted by Gasteiger charge is -2.33. The van der Waals surface area contributed by atoms with Crippen LogP contribution in [0.3, 0.4) is 0 Å². The van der Waals surface area contributed by atoms with E-state index in [1.165, 1.54) is 0 Å². The fourth-order valence-electron chi connectivity index (χ4n) is 3.33. The molecule has 0 aliphatic carbocycles. The number of benzene rings is 2. The molecule has 0 unspecified atom stereocenters. The number of carbonyl (C=O) groups excluding carboxylic acids is 2. The number of hydrogen-bond donors (Lipinski definition) is 1. The van der Waals surface area contributed by atoms with Crippen LogP contribution in [0.1, 0.15) is 34.3 Å². The summed E-state index contributed by atoms with van der Waals surface area (Å²) in [7, 11) is 0. The van der Waals surface area contributed by atoms with Crippen molar-refractivity contribution in [3.8, 4) is 5.75 Å². The zero-order valence-electron chi connectivity index (χ0n) is 16.4. The summed E-state index contributed by atoms with van der Waals surface area (Å²) >= 11 is 0. The molecule has 1 N–H and O–H groups in total. The molecule has 1 aliphatic heterocycles. The van der Waals surface area contributed by atoms with Crippen molar-refractivity contribution in [1.29, 1.82) is 0 Å². The predicted octanol–water partition coefficient (Wildman–Crippen LogP) is 3.86. The molecular weight excluding hydrogens is 370 g/mol. The minimum atomic E-state index is -0.604. The Labute approximate surface area is 168 Å². The molecular formula is C22H21N3O4. The smallest absolute Gasteiger partial charge is 0.268 e. The average Bonchev–Trinajstić information content (AvgIpc) is 3.04. The number of carbonyl (C=O) groups is 2. The van der Waals surface area contributed by atoms with Crippen LogP contribution in [0.15, 0.2) is 53.1 Å². The average molecular weight is 391 g/mol. The molecule has 2 amide bonds. The van der Waals surface area contributed by atoms with Gasteiger partial charge in [0.1, 0.15) is 11.5 Å². The van der Waals surface area contributed by atoms with E-state index in [-0.39, 0.29) is 11.8 Å². The first-order valence-electron chi connectivity index (χ1n) is 9.34. The quantitative estimate of drug-likeness (QED) is 0.730. The molecule has 0 saturated carbocycles. The van der Waals surface area contributed by atoms with Crippen LogP contribution in [-0.2, 0) is 11.3 Å². The van der Waals surface area contributed by atoms with Crippen molar-refractivity contribution in [2.45, 2.75) is 33.4 Å². The van der Waals surface area contributed by atoms with Gasteiger partial charge >= 0.3 is 0 Å². The van der Waals surface area contributed by atoms with Crippen molar-refractivity contribution in [3.05, 3.63) is 71.1 Å². The first-order chi connectivity index (χ1) is 13.9. The van der Waals surface area contributed by atoms with Crippen LogP contribution in [0.5, 0.6) is 5.75 Å². The summed E-state index contributed by atoms with van der Waals surface area (Å²) in [5.41, 5.74) is 3.33. The van der Waals surface area contributed by atoms with Crippen LogP contribution in [0.2, 0.25) is 0 Å². The maximum Gasteiger partial charge on any atom is 0.268 e. The molecule has 1 atom stereocenters. The fourth-order valence-corrected chi connectivity index (χ4v) is 3.33. The van der Waals surface area contributed by atoms with Crippen molar-refractivity contribution in [1.82, 2.24) is 5.16 Å². The number of hydrogen-bond acceptors (Lipinski definition) is 5. The van der Waals surface area contributed by atoms with Gasteiger partial charge in [0, 0.05) is 16.8 Å². The van der Waals surface area contributed by atoms with Crippen molar-refractivity contribution >= 4 is 23.2 Å². The van der Waals surface area contributed by atoms with Gasteiger partial charge in [-0.25, -0.2) is 0 Å². The van der Waals surface area contributed by atoms with Gasteiger partial charge in [-0.2, -0.15) is 0 Å². The standard InChI is InChI=1S/C22H21N3O4/c1-13-18(14(2)29-24-13)12-25-19-11-17(9-10-20(19)28-15(3)22(25)27)23-21(26)16-7-5-4-6-8-16/h4-11,15H,12H2,1-3H3,(H,23,26)/t15-/m1/s1. The van der Waals surface area contributed by atoms with Crippen molar-refractivity contribution < 1.29 is 18.8 Å². The molecule has 0 spiro atoms. The summed E-state index contributed by atoms with van der Waals surface area (Å²) < 4.78 is 11.0. The largest absolute Gasteiger partial charge is 0.479 e. The number of nitrogens with zero attached hydrogens (tertiary/aromatic N) is 2. The lowest BCUT2D eigenvalue weighted by atomic mass is 10.1. The third-order valence-electron chi connectivity index (χ3n) is 4.96. The van der Waals surface area contributed by atoms with Gasteiger partial charge in [0.25, 0.3) is 11.8 Å². The summed E-state index contributed by atoms with van der Waals surface area (Å²) in [5, 5.41) is 6.84. The monoisotopic (exact) mass is 391 g/mol. The van der Waals surface area contributed by atoms with Crippen LogP contribution < -0.4 is 15.0 Å². The summed E-state index contributed by atoms with van der Waals surface area (Å²) in [4.78, 5) is 27.0. The Bertz CT molecular complexity index is 1060. The molecule has 148 valence electrons. The number of aromatic nitrogens is 1. The lowest BCUT2D eigenvalue weighted by Crippen LogP contribution is -2.44. The van der Waals surface area contributed by atoms with Gasteiger partial charge in [-0.05, 0) is 51.1 Å². The predicted molar refractivity (Wildman–Crippen MR) is 108 cm³/mol. The minimum absolute atomic E-state index is 0.163. The highest BCUT2D eigenvalue weighted by Gasteiger charge is 2.33. The molecule has 2 heterocycles. The zero-order valence-corrected chi connectivity index (χ0v) is 16.4. The minimum Gasteiger partial charge on any atom is -0.479 e. The number of rotatable bonds is 4. The van der Waals surface area contributed by atoms with E-state index in [9.17, 15) is 9.59 Å².